The summed E-state index contributed by atoms with van der Waals surface area (Å²) in [4.78, 5) is 24.0. The summed E-state index contributed by atoms with van der Waals surface area (Å²) in [5, 5.41) is -0.137. The van der Waals surface area contributed by atoms with Crippen molar-refractivity contribution in [3.8, 4) is 0 Å². The Morgan fingerprint density at radius 1 is 1.06 bits per heavy atom. The highest BCUT2D eigenvalue weighted by molar-refractivity contribution is 6.49. The second-order valence-corrected chi connectivity index (χ2v) is 4.39. The van der Waals surface area contributed by atoms with E-state index >= 15 is 0 Å². The Bertz CT molecular complexity index is 529. The topological polar surface area (TPSA) is 43.4 Å². The number of benzene rings is 1. The lowest BCUT2D eigenvalue weighted by Gasteiger charge is -2.19. The summed E-state index contributed by atoms with van der Waals surface area (Å²) in [5.74, 6) is -0.748. The zero-order chi connectivity index (χ0) is 12.6. The van der Waals surface area contributed by atoms with Crippen molar-refractivity contribution < 1.29 is 14.3 Å². The molecule has 0 atom stereocenters. The van der Waals surface area contributed by atoms with Gasteiger partial charge < -0.3 is 4.74 Å². The Balaban J connectivity index is 2.54. The monoisotopic (exact) mass is 250 g/mol. The van der Waals surface area contributed by atoms with Gasteiger partial charge in [0.05, 0.1) is 6.10 Å². The Hall–Kier alpha value is -1.61. The van der Waals surface area contributed by atoms with Gasteiger partial charge in [0.1, 0.15) is 5.03 Å². The van der Waals surface area contributed by atoms with E-state index in [1.807, 2.05) is 0 Å². The van der Waals surface area contributed by atoms with E-state index in [0.29, 0.717) is 11.1 Å². The van der Waals surface area contributed by atoms with Crippen LogP contribution < -0.4 is 0 Å². The molecule has 0 spiro atoms. The molecule has 0 aromatic heterocycles. The quantitative estimate of drug-likeness (QED) is 0.811. The van der Waals surface area contributed by atoms with Gasteiger partial charge in [-0.2, -0.15) is 0 Å². The predicted molar refractivity (Wildman–Crippen MR) is 64.2 cm³/mol. The van der Waals surface area contributed by atoms with Gasteiger partial charge in [-0.05, 0) is 13.8 Å². The molecule has 1 aromatic rings. The summed E-state index contributed by atoms with van der Waals surface area (Å²) in [7, 11) is 0. The van der Waals surface area contributed by atoms with Crippen LogP contribution >= 0.6 is 11.6 Å². The van der Waals surface area contributed by atoms with Crippen LogP contribution in [0, 0.1) is 0 Å². The Labute approximate surface area is 104 Å². The molecule has 0 heterocycles. The summed E-state index contributed by atoms with van der Waals surface area (Å²) >= 11 is 5.88. The average molecular weight is 251 g/mol. The number of carbonyl (C=O) groups excluding carboxylic acids is 2. The van der Waals surface area contributed by atoms with E-state index in [4.69, 9.17) is 16.3 Å². The molecule has 0 saturated carbocycles. The zero-order valence-corrected chi connectivity index (χ0v) is 10.2. The third-order valence-electron chi connectivity index (χ3n) is 2.37. The van der Waals surface area contributed by atoms with Crippen LogP contribution in [0.15, 0.2) is 35.1 Å². The van der Waals surface area contributed by atoms with Gasteiger partial charge in [-0.15, -0.1) is 0 Å². The molecule has 0 fully saturated rings. The molecule has 0 unspecified atom stereocenters. The molecule has 2 rings (SSSR count). The highest BCUT2D eigenvalue weighted by atomic mass is 35.5. The van der Waals surface area contributed by atoms with Crippen molar-refractivity contribution in [3.63, 3.8) is 0 Å². The molecule has 0 amide bonds. The molecule has 17 heavy (non-hydrogen) atoms. The second-order valence-electron chi connectivity index (χ2n) is 4.01. The van der Waals surface area contributed by atoms with Crippen molar-refractivity contribution in [1.29, 1.82) is 0 Å². The van der Waals surface area contributed by atoms with E-state index in [-0.39, 0.29) is 28.5 Å². The third kappa shape index (κ3) is 1.98. The molecular formula is C13H11ClO3. The number of ketones is 2. The van der Waals surface area contributed by atoms with E-state index < -0.39 is 0 Å². The van der Waals surface area contributed by atoms with Gasteiger partial charge in [0.15, 0.2) is 5.76 Å². The number of fused-ring (bicyclic) bond motifs is 1. The van der Waals surface area contributed by atoms with E-state index in [2.05, 4.69) is 0 Å². The van der Waals surface area contributed by atoms with E-state index in [1.165, 1.54) is 0 Å². The lowest BCUT2D eigenvalue weighted by Crippen LogP contribution is -2.23. The summed E-state index contributed by atoms with van der Waals surface area (Å²) in [6.45, 7) is 3.55. The lowest BCUT2D eigenvalue weighted by atomic mass is 9.93. The fourth-order valence-corrected chi connectivity index (χ4v) is 1.90. The number of ether oxygens (including phenoxy) is 1. The Morgan fingerprint density at radius 2 is 1.59 bits per heavy atom. The van der Waals surface area contributed by atoms with Crippen molar-refractivity contribution in [1.82, 2.24) is 0 Å². The number of halogens is 1. The first-order valence-electron chi connectivity index (χ1n) is 5.27. The first-order valence-corrected chi connectivity index (χ1v) is 5.65. The third-order valence-corrected chi connectivity index (χ3v) is 2.72. The van der Waals surface area contributed by atoms with Gasteiger partial charge in [0.25, 0.3) is 0 Å². The van der Waals surface area contributed by atoms with E-state index in [0.717, 1.165) is 0 Å². The largest absolute Gasteiger partial charge is 0.485 e. The molecule has 88 valence electrons. The smallest absolute Gasteiger partial charge is 0.230 e. The highest BCUT2D eigenvalue weighted by Crippen LogP contribution is 2.29. The minimum absolute atomic E-state index is 0.0506. The maximum Gasteiger partial charge on any atom is 0.230 e. The van der Waals surface area contributed by atoms with Crippen molar-refractivity contribution in [2.45, 2.75) is 20.0 Å². The van der Waals surface area contributed by atoms with Gasteiger partial charge in [-0.3, -0.25) is 9.59 Å². The molecule has 1 aromatic carbocycles. The van der Waals surface area contributed by atoms with Gasteiger partial charge >= 0.3 is 0 Å². The standard InChI is InChI=1S/C13H11ClO3/c1-7(2)17-13-10(14)11(15)8-5-3-4-6-9(8)12(13)16/h3-7H,1-2H3. The van der Waals surface area contributed by atoms with Crippen molar-refractivity contribution >= 4 is 23.2 Å². The second kappa shape index (κ2) is 4.34. The summed E-state index contributed by atoms with van der Waals surface area (Å²) < 4.78 is 5.32. The fourth-order valence-electron chi connectivity index (χ4n) is 1.66. The van der Waals surface area contributed by atoms with Crippen LogP contribution in [0.2, 0.25) is 0 Å². The molecule has 4 heteroatoms. The molecule has 1 aliphatic carbocycles. The maximum absolute atomic E-state index is 12.1. The maximum atomic E-state index is 12.1. The predicted octanol–water partition coefficient (Wildman–Crippen LogP) is 2.94. The summed E-state index contributed by atoms with van der Waals surface area (Å²) in [5.41, 5.74) is 0.677. The minimum atomic E-state index is -0.363. The Kier molecular flexibility index (Phi) is 3.03. The Morgan fingerprint density at radius 3 is 2.12 bits per heavy atom. The normalized spacial score (nSPS) is 15.3. The minimum Gasteiger partial charge on any atom is -0.485 e. The van der Waals surface area contributed by atoms with Gasteiger partial charge in [0, 0.05) is 11.1 Å². The zero-order valence-electron chi connectivity index (χ0n) is 9.49. The van der Waals surface area contributed by atoms with Crippen molar-refractivity contribution in [2.24, 2.45) is 0 Å². The van der Waals surface area contributed by atoms with Crippen LogP contribution in [0.3, 0.4) is 0 Å². The molecule has 0 aliphatic heterocycles. The molecule has 0 bridgehead atoms. The van der Waals surface area contributed by atoms with Crippen LogP contribution in [0.4, 0.5) is 0 Å². The van der Waals surface area contributed by atoms with Crippen LogP contribution in [0.25, 0.3) is 0 Å². The van der Waals surface area contributed by atoms with Crippen LogP contribution in [-0.2, 0) is 4.74 Å². The number of hydrogen-bond acceptors (Lipinski definition) is 3. The number of hydrogen-bond donors (Lipinski definition) is 0. The first-order chi connectivity index (χ1) is 8.02. The van der Waals surface area contributed by atoms with Gasteiger partial charge in [0.2, 0.25) is 11.6 Å². The van der Waals surface area contributed by atoms with E-state index in [9.17, 15) is 9.59 Å². The molecule has 0 saturated heterocycles. The van der Waals surface area contributed by atoms with Crippen LogP contribution in [0.1, 0.15) is 34.6 Å². The van der Waals surface area contributed by atoms with Crippen LogP contribution in [-0.4, -0.2) is 17.7 Å². The number of carbonyl (C=O) groups is 2. The highest BCUT2D eigenvalue weighted by Gasteiger charge is 2.32. The number of Topliss-reactive ketones (excluding diaryl/α,β-unsaturated/α-hetero) is 2. The van der Waals surface area contributed by atoms with Crippen molar-refractivity contribution in [2.75, 3.05) is 0 Å². The van der Waals surface area contributed by atoms with Crippen LogP contribution in [0.5, 0.6) is 0 Å². The number of allylic oxidation sites excluding steroid dienone is 2. The molecule has 0 radical (unpaired) electrons. The van der Waals surface area contributed by atoms with E-state index in [1.54, 1.807) is 38.1 Å². The first kappa shape index (κ1) is 11.9. The van der Waals surface area contributed by atoms with Gasteiger partial charge in [-0.25, -0.2) is 0 Å². The lowest BCUT2D eigenvalue weighted by molar-refractivity contribution is 0.0806. The number of rotatable bonds is 2. The molecule has 3 nitrogen and oxygen atoms in total. The molecule has 1 aliphatic rings. The van der Waals surface area contributed by atoms with Gasteiger partial charge in [-0.1, -0.05) is 35.9 Å². The summed E-state index contributed by atoms with van der Waals surface area (Å²) in [6.07, 6.45) is -0.208. The SMILES string of the molecule is CC(C)OC1=C(Cl)C(=O)c2ccccc2C1=O. The van der Waals surface area contributed by atoms with Crippen molar-refractivity contribution in [3.05, 3.63) is 46.2 Å². The summed E-state index contributed by atoms with van der Waals surface area (Å²) in [6, 6.07) is 6.59. The fraction of sp³-hybridized carbons (Fsp3) is 0.231. The average Bonchev–Trinajstić information content (AvgIpc) is 2.31. The molecule has 0 N–H and O–H groups in total. The molecular weight excluding hydrogens is 240 g/mol.